The van der Waals surface area contributed by atoms with E-state index >= 15 is 0 Å². The predicted octanol–water partition coefficient (Wildman–Crippen LogP) is 7.06. The highest BCUT2D eigenvalue weighted by Gasteiger charge is 2.15. The molecular weight excluding hydrogens is 551 g/mol. The van der Waals surface area contributed by atoms with Gasteiger partial charge in [-0.05, 0) is 79.2 Å². The first-order valence-electron chi connectivity index (χ1n) is 12.7. The van der Waals surface area contributed by atoms with E-state index in [9.17, 15) is 8.60 Å². The molecule has 2 N–H and O–H groups in total. The second kappa shape index (κ2) is 12.9. The van der Waals surface area contributed by atoms with Crippen LogP contribution in [0.4, 0.5) is 15.9 Å². The van der Waals surface area contributed by atoms with Gasteiger partial charge < -0.3 is 19.8 Å². The summed E-state index contributed by atoms with van der Waals surface area (Å²) in [5.41, 5.74) is 3.03. The number of hydrogen-bond acceptors (Lipinski definition) is 7. The molecule has 0 aliphatic heterocycles. The van der Waals surface area contributed by atoms with Crippen LogP contribution in [0.3, 0.4) is 0 Å². The van der Waals surface area contributed by atoms with Gasteiger partial charge in [0.15, 0.2) is 0 Å². The average Bonchev–Trinajstić information content (AvgIpc) is 3.45. The van der Waals surface area contributed by atoms with Crippen LogP contribution in [0.15, 0.2) is 83.5 Å². The lowest BCUT2D eigenvalue weighted by atomic mass is 10.1. The number of nitrogens with one attached hydrogen (secondary N) is 2. The van der Waals surface area contributed by atoms with Crippen molar-refractivity contribution in [2.24, 2.45) is 0 Å². The fourth-order valence-corrected chi connectivity index (χ4v) is 4.75. The van der Waals surface area contributed by atoms with E-state index in [4.69, 9.17) is 20.8 Å². The van der Waals surface area contributed by atoms with E-state index in [-0.39, 0.29) is 18.5 Å². The van der Waals surface area contributed by atoms with Crippen LogP contribution >= 0.6 is 11.6 Å². The van der Waals surface area contributed by atoms with Crippen LogP contribution < -0.4 is 15.4 Å². The quantitative estimate of drug-likeness (QED) is 0.163. The van der Waals surface area contributed by atoms with E-state index in [1.54, 1.807) is 29.6 Å². The highest BCUT2D eigenvalue weighted by Crippen LogP contribution is 2.33. The third-order valence-corrected chi connectivity index (χ3v) is 6.82. The fourth-order valence-electron chi connectivity index (χ4n) is 4.18. The molecule has 1 unspecified atom stereocenters. The molecule has 40 heavy (non-hydrogen) atoms. The number of anilines is 2. The van der Waals surface area contributed by atoms with Gasteiger partial charge in [-0.25, -0.2) is 18.6 Å². The molecule has 1 atom stereocenters. The van der Waals surface area contributed by atoms with Crippen molar-refractivity contribution in [3.8, 4) is 17.1 Å². The second-order valence-electron chi connectivity index (χ2n) is 9.01. The monoisotopic (exact) mass is 576 g/mol. The lowest BCUT2D eigenvalue weighted by Crippen LogP contribution is -2.22. The van der Waals surface area contributed by atoms with Gasteiger partial charge in [0.1, 0.15) is 41.8 Å². The van der Waals surface area contributed by atoms with Crippen molar-refractivity contribution >= 4 is 50.6 Å². The number of hydrogen-bond donors (Lipinski definition) is 2. The highest BCUT2D eigenvalue weighted by atomic mass is 35.5. The molecule has 0 aliphatic carbocycles. The first-order valence-corrected chi connectivity index (χ1v) is 13.9. The van der Waals surface area contributed by atoms with Crippen molar-refractivity contribution in [3.63, 3.8) is 0 Å². The van der Waals surface area contributed by atoms with Gasteiger partial charge in [-0.15, -0.1) is 0 Å². The topological polar surface area (TPSA) is 89.3 Å². The zero-order chi connectivity index (χ0) is 27.9. The Hall–Kier alpha value is -4.05. The summed E-state index contributed by atoms with van der Waals surface area (Å²) >= 11 is 6.90. The summed E-state index contributed by atoms with van der Waals surface area (Å²) in [6.45, 7) is 3.03. The van der Waals surface area contributed by atoms with E-state index in [1.165, 1.54) is 18.5 Å². The van der Waals surface area contributed by atoms with Crippen molar-refractivity contribution in [3.05, 3.63) is 101 Å². The number of nitrogens with zero attached hydrogens (tertiary/aromatic N) is 2. The zero-order valence-electron chi connectivity index (χ0n) is 21.6. The number of fused-ring (bicyclic) bond motifs is 1. The van der Waals surface area contributed by atoms with Gasteiger partial charge in [0, 0.05) is 22.0 Å². The van der Waals surface area contributed by atoms with Gasteiger partial charge >= 0.3 is 0 Å². The predicted molar refractivity (Wildman–Crippen MR) is 158 cm³/mol. The van der Waals surface area contributed by atoms with Crippen molar-refractivity contribution in [2.75, 3.05) is 11.9 Å². The van der Waals surface area contributed by atoms with Crippen LogP contribution in [-0.4, -0.2) is 26.1 Å². The van der Waals surface area contributed by atoms with Crippen LogP contribution in [0.1, 0.15) is 30.7 Å². The van der Waals surface area contributed by atoms with Gasteiger partial charge in [0.05, 0.1) is 27.8 Å². The molecule has 5 aromatic rings. The second-order valence-corrected chi connectivity index (χ2v) is 9.88. The van der Waals surface area contributed by atoms with E-state index in [0.717, 1.165) is 29.4 Å². The Morgan fingerprint density at radius 1 is 1.10 bits per heavy atom. The summed E-state index contributed by atoms with van der Waals surface area (Å²) in [4.78, 5) is 8.84. The molecule has 0 fully saturated rings. The standard InChI is InChI=1S/C30H26ClFN4O3S/c1-2-12-33-26(17-40-37)29-11-10-27(39-29)20-6-8-25-23(14-20)30(35-18-34-25)36-22-7-9-28(24(31)15-22)38-16-19-4-3-5-21(32)13-19/h3-11,13-15,17-18,26,33H,2,12,16H2,1H3,(H,34,35,36). The SMILES string of the molecule is CCCNC(C=S=O)c1ccc(-c2ccc3ncnc(Nc4ccc(OCc5cccc(F)c5)c(Cl)c4)c3c2)o1. The van der Waals surface area contributed by atoms with Gasteiger partial charge in [-0.1, -0.05) is 30.7 Å². The first-order chi connectivity index (χ1) is 19.5. The molecule has 3 aromatic carbocycles. The molecule has 0 saturated heterocycles. The summed E-state index contributed by atoms with van der Waals surface area (Å²) in [7, 11) is 0. The Morgan fingerprint density at radius 2 is 2.00 bits per heavy atom. The number of rotatable bonds is 11. The normalized spacial score (nSPS) is 11.8. The number of halogens is 2. The van der Waals surface area contributed by atoms with Gasteiger partial charge in [-0.2, -0.15) is 0 Å². The van der Waals surface area contributed by atoms with Crippen molar-refractivity contribution in [1.82, 2.24) is 15.3 Å². The summed E-state index contributed by atoms with van der Waals surface area (Å²) < 4.78 is 36.5. The van der Waals surface area contributed by atoms with Crippen LogP contribution in [0.25, 0.3) is 22.2 Å². The maximum Gasteiger partial charge on any atom is 0.141 e. The minimum atomic E-state index is -0.315. The minimum absolute atomic E-state index is 0.196. The Bertz CT molecular complexity index is 1690. The molecule has 0 aliphatic rings. The molecule has 5 rings (SSSR count). The lowest BCUT2D eigenvalue weighted by molar-refractivity contribution is 0.306. The molecule has 204 valence electrons. The zero-order valence-corrected chi connectivity index (χ0v) is 23.1. The van der Waals surface area contributed by atoms with Crippen molar-refractivity contribution in [1.29, 1.82) is 0 Å². The van der Waals surface area contributed by atoms with Crippen LogP contribution in [0.2, 0.25) is 5.02 Å². The fraction of sp³-hybridized carbons (Fsp3) is 0.167. The summed E-state index contributed by atoms with van der Waals surface area (Å²) in [5.74, 6) is 2.11. The smallest absolute Gasteiger partial charge is 0.141 e. The van der Waals surface area contributed by atoms with E-state index < -0.39 is 0 Å². The first kappa shape index (κ1) is 27.5. The van der Waals surface area contributed by atoms with Crippen LogP contribution in [0, 0.1) is 5.82 Å². The molecule has 7 nitrogen and oxygen atoms in total. The molecule has 0 bridgehead atoms. The van der Waals surface area contributed by atoms with E-state index in [2.05, 4.69) is 27.5 Å². The maximum atomic E-state index is 13.4. The van der Waals surface area contributed by atoms with Crippen LogP contribution in [0.5, 0.6) is 5.75 Å². The number of aromatic nitrogens is 2. The molecule has 0 radical (unpaired) electrons. The molecule has 0 saturated carbocycles. The molecule has 2 heterocycles. The molecule has 10 heteroatoms. The number of furan rings is 1. The maximum absolute atomic E-state index is 13.4. The Morgan fingerprint density at radius 3 is 2.80 bits per heavy atom. The summed E-state index contributed by atoms with van der Waals surface area (Å²) in [6.07, 6.45) is 2.44. The van der Waals surface area contributed by atoms with E-state index in [1.807, 2.05) is 36.4 Å². The lowest BCUT2D eigenvalue weighted by Gasteiger charge is -2.12. The summed E-state index contributed by atoms with van der Waals surface area (Å²) in [6, 6.07) is 20.9. The number of benzene rings is 3. The molecule has 0 amide bonds. The molecular formula is C30H26ClFN4O3S. The Balaban J connectivity index is 1.36. The Kier molecular flexibility index (Phi) is 8.85. The molecule has 0 spiro atoms. The third-order valence-electron chi connectivity index (χ3n) is 6.14. The highest BCUT2D eigenvalue weighted by molar-refractivity contribution is 7.64. The van der Waals surface area contributed by atoms with E-state index in [0.29, 0.717) is 50.6 Å². The van der Waals surface area contributed by atoms with Crippen molar-refractivity contribution < 1.29 is 17.8 Å². The minimum Gasteiger partial charge on any atom is -0.487 e. The van der Waals surface area contributed by atoms with Gasteiger partial charge in [-0.3, -0.25) is 0 Å². The summed E-state index contributed by atoms with van der Waals surface area (Å²) in [5, 5.41) is 9.40. The third kappa shape index (κ3) is 6.56. The number of ether oxygens (including phenoxy) is 1. The van der Waals surface area contributed by atoms with Gasteiger partial charge in [0.2, 0.25) is 0 Å². The average molecular weight is 577 g/mol. The Labute approximate surface area is 239 Å². The van der Waals surface area contributed by atoms with Gasteiger partial charge in [0.25, 0.3) is 0 Å². The van der Waals surface area contributed by atoms with Crippen LogP contribution in [-0.2, 0) is 17.9 Å². The largest absolute Gasteiger partial charge is 0.487 e. The molecule has 2 aromatic heterocycles. The van der Waals surface area contributed by atoms with Crippen molar-refractivity contribution in [2.45, 2.75) is 26.0 Å².